The van der Waals surface area contributed by atoms with Gasteiger partial charge in [0.1, 0.15) is 0 Å². The molecule has 2 heterocycles. The van der Waals surface area contributed by atoms with Gasteiger partial charge in [0.05, 0.1) is 25.4 Å². The Morgan fingerprint density at radius 1 is 1.33 bits per heavy atom. The fraction of sp³-hybridized carbons (Fsp3) is 1.00. The molecule has 3 atom stereocenters. The first-order valence-corrected chi connectivity index (χ1v) is 5.98. The van der Waals surface area contributed by atoms with Crippen LogP contribution in [0.5, 0.6) is 0 Å². The third kappa shape index (κ3) is 2.69. The molecule has 0 aromatic heterocycles. The summed E-state index contributed by atoms with van der Waals surface area (Å²) >= 11 is 0. The van der Waals surface area contributed by atoms with Crippen molar-refractivity contribution in [3.63, 3.8) is 0 Å². The molecule has 3 unspecified atom stereocenters. The first-order valence-electron chi connectivity index (χ1n) is 5.98. The number of hydrogen-bond donors (Lipinski definition) is 1. The molecule has 0 spiro atoms. The van der Waals surface area contributed by atoms with Crippen LogP contribution in [0.1, 0.15) is 19.8 Å². The third-order valence-electron chi connectivity index (χ3n) is 3.45. The number of morpholine rings is 1. The number of nitrogens with zero attached hydrogens (tertiary/aromatic N) is 1. The molecule has 2 N–H and O–H groups in total. The van der Waals surface area contributed by atoms with Crippen molar-refractivity contribution in [1.82, 2.24) is 4.90 Å². The number of rotatable bonds is 3. The van der Waals surface area contributed by atoms with Crippen LogP contribution in [0.3, 0.4) is 0 Å². The molecule has 0 radical (unpaired) electrons. The SMILES string of the molecule is CC1CCC(C(CN)N2CCOCC2)O1. The van der Waals surface area contributed by atoms with Crippen molar-refractivity contribution in [2.45, 2.75) is 38.0 Å². The molecule has 0 bridgehead atoms. The summed E-state index contributed by atoms with van der Waals surface area (Å²) in [6.45, 7) is 6.49. The first-order chi connectivity index (χ1) is 7.31. The summed E-state index contributed by atoms with van der Waals surface area (Å²) in [4.78, 5) is 2.42. The van der Waals surface area contributed by atoms with Crippen molar-refractivity contribution in [1.29, 1.82) is 0 Å². The van der Waals surface area contributed by atoms with Gasteiger partial charge in [-0.05, 0) is 19.8 Å². The summed E-state index contributed by atoms with van der Waals surface area (Å²) in [6, 6.07) is 0.388. The Bertz CT molecular complexity index is 190. The van der Waals surface area contributed by atoms with Gasteiger partial charge in [-0.2, -0.15) is 0 Å². The van der Waals surface area contributed by atoms with Crippen LogP contribution in [0.15, 0.2) is 0 Å². The molecule has 0 aromatic rings. The summed E-state index contributed by atoms with van der Waals surface area (Å²) in [7, 11) is 0. The van der Waals surface area contributed by atoms with E-state index in [4.69, 9.17) is 15.2 Å². The molecule has 2 fully saturated rings. The topological polar surface area (TPSA) is 47.7 Å². The van der Waals surface area contributed by atoms with Crippen LogP contribution in [-0.4, -0.2) is 56.0 Å². The van der Waals surface area contributed by atoms with Crippen molar-refractivity contribution in [2.24, 2.45) is 5.73 Å². The van der Waals surface area contributed by atoms with Gasteiger partial charge in [0.25, 0.3) is 0 Å². The minimum Gasteiger partial charge on any atom is -0.379 e. The van der Waals surface area contributed by atoms with Crippen LogP contribution in [-0.2, 0) is 9.47 Å². The van der Waals surface area contributed by atoms with Gasteiger partial charge in [0.2, 0.25) is 0 Å². The molecular weight excluding hydrogens is 192 g/mol. The van der Waals surface area contributed by atoms with Crippen LogP contribution in [0, 0.1) is 0 Å². The minimum absolute atomic E-state index is 0.336. The molecule has 2 aliphatic rings. The molecule has 88 valence electrons. The molecule has 4 heteroatoms. The summed E-state index contributed by atoms with van der Waals surface area (Å²) in [5, 5.41) is 0. The second-order valence-corrected chi connectivity index (χ2v) is 4.51. The lowest BCUT2D eigenvalue weighted by atomic mass is 10.1. The maximum Gasteiger partial charge on any atom is 0.0747 e. The summed E-state index contributed by atoms with van der Waals surface area (Å²) in [6.07, 6.45) is 3.07. The Kier molecular flexibility index (Phi) is 3.97. The fourth-order valence-corrected chi connectivity index (χ4v) is 2.56. The van der Waals surface area contributed by atoms with Gasteiger partial charge in [-0.15, -0.1) is 0 Å². The Morgan fingerprint density at radius 3 is 2.60 bits per heavy atom. The highest BCUT2D eigenvalue weighted by Crippen LogP contribution is 2.24. The van der Waals surface area contributed by atoms with E-state index >= 15 is 0 Å². The monoisotopic (exact) mass is 214 g/mol. The molecule has 0 amide bonds. The number of ether oxygens (including phenoxy) is 2. The molecule has 0 aliphatic carbocycles. The van der Waals surface area contributed by atoms with E-state index < -0.39 is 0 Å². The molecule has 2 aliphatic heterocycles. The lowest BCUT2D eigenvalue weighted by Gasteiger charge is -2.36. The Hall–Kier alpha value is -0.160. The minimum atomic E-state index is 0.336. The van der Waals surface area contributed by atoms with Crippen LogP contribution in [0.4, 0.5) is 0 Å². The normalized spacial score (nSPS) is 35.6. The molecule has 15 heavy (non-hydrogen) atoms. The van der Waals surface area contributed by atoms with Gasteiger partial charge in [0, 0.05) is 25.7 Å². The summed E-state index contributed by atoms with van der Waals surface area (Å²) in [5.41, 5.74) is 5.87. The molecule has 4 nitrogen and oxygen atoms in total. The van der Waals surface area contributed by atoms with E-state index in [0.29, 0.717) is 24.8 Å². The van der Waals surface area contributed by atoms with Gasteiger partial charge >= 0.3 is 0 Å². The summed E-state index contributed by atoms with van der Waals surface area (Å²) < 4.78 is 11.3. The maximum atomic E-state index is 5.91. The van der Waals surface area contributed by atoms with Crippen LogP contribution in [0.25, 0.3) is 0 Å². The highest BCUT2D eigenvalue weighted by atomic mass is 16.5. The van der Waals surface area contributed by atoms with Gasteiger partial charge in [0.15, 0.2) is 0 Å². The van der Waals surface area contributed by atoms with Gasteiger partial charge in [-0.1, -0.05) is 0 Å². The Balaban J connectivity index is 1.90. The zero-order valence-electron chi connectivity index (χ0n) is 9.52. The van der Waals surface area contributed by atoms with E-state index in [-0.39, 0.29) is 0 Å². The van der Waals surface area contributed by atoms with E-state index in [2.05, 4.69) is 11.8 Å². The van der Waals surface area contributed by atoms with E-state index in [1.165, 1.54) is 6.42 Å². The fourth-order valence-electron chi connectivity index (χ4n) is 2.56. The Labute approximate surface area is 91.7 Å². The lowest BCUT2D eigenvalue weighted by Crippen LogP contribution is -2.52. The van der Waals surface area contributed by atoms with Crippen molar-refractivity contribution >= 4 is 0 Å². The summed E-state index contributed by atoms with van der Waals surface area (Å²) in [5.74, 6) is 0. The smallest absolute Gasteiger partial charge is 0.0747 e. The Morgan fingerprint density at radius 2 is 2.07 bits per heavy atom. The van der Waals surface area contributed by atoms with Gasteiger partial charge in [-0.3, -0.25) is 4.90 Å². The highest BCUT2D eigenvalue weighted by Gasteiger charge is 2.33. The van der Waals surface area contributed by atoms with Crippen LogP contribution in [0.2, 0.25) is 0 Å². The molecule has 0 aromatic carbocycles. The average Bonchev–Trinajstić information content (AvgIpc) is 2.68. The van der Waals surface area contributed by atoms with E-state index in [0.717, 1.165) is 32.7 Å². The predicted molar refractivity (Wildman–Crippen MR) is 58.8 cm³/mol. The zero-order valence-corrected chi connectivity index (χ0v) is 9.52. The van der Waals surface area contributed by atoms with Crippen LogP contribution < -0.4 is 5.73 Å². The van der Waals surface area contributed by atoms with E-state index in [1.807, 2.05) is 0 Å². The molecule has 2 rings (SSSR count). The molecule has 2 saturated heterocycles. The second-order valence-electron chi connectivity index (χ2n) is 4.51. The largest absolute Gasteiger partial charge is 0.379 e. The highest BCUT2D eigenvalue weighted by molar-refractivity contribution is 4.86. The molecule has 0 saturated carbocycles. The standard InChI is InChI=1S/C11H22N2O2/c1-9-2-3-11(15-9)10(8-12)13-4-6-14-7-5-13/h9-11H,2-8,12H2,1H3. The number of hydrogen-bond acceptors (Lipinski definition) is 4. The lowest BCUT2D eigenvalue weighted by molar-refractivity contribution is -0.0409. The van der Waals surface area contributed by atoms with Crippen molar-refractivity contribution in [2.75, 3.05) is 32.8 Å². The van der Waals surface area contributed by atoms with Gasteiger partial charge in [-0.25, -0.2) is 0 Å². The first kappa shape index (κ1) is 11.3. The number of nitrogens with two attached hydrogens (primary N) is 1. The van der Waals surface area contributed by atoms with E-state index in [9.17, 15) is 0 Å². The maximum absolute atomic E-state index is 5.91. The van der Waals surface area contributed by atoms with Crippen molar-refractivity contribution in [3.05, 3.63) is 0 Å². The average molecular weight is 214 g/mol. The molecular formula is C11H22N2O2. The van der Waals surface area contributed by atoms with E-state index in [1.54, 1.807) is 0 Å². The third-order valence-corrected chi connectivity index (χ3v) is 3.45. The predicted octanol–water partition coefficient (Wildman–Crippen LogP) is 0.213. The van der Waals surface area contributed by atoms with Crippen molar-refractivity contribution in [3.8, 4) is 0 Å². The zero-order chi connectivity index (χ0) is 10.7. The quantitative estimate of drug-likeness (QED) is 0.730. The van der Waals surface area contributed by atoms with Crippen LogP contribution >= 0.6 is 0 Å². The van der Waals surface area contributed by atoms with Gasteiger partial charge < -0.3 is 15.2 Å². The second kappa shape index (κ2) is 5.25. The van der Waals surface area contributed by atoms with Crippen molar-refractivity contribution < 1.29 is 9.47 Å².